The van der Waals surface area contributed by atoms with E-state index in [4.69, 9.17) is 9.47 Å². The molecule has 6 nitrogen and oxygen atoms in total. The van der Waals surface area contributed by atoms with E-state index in [2.05, 4.69) is 9.80 Å². The first-order valence-corrected chi connectivity index (χ1v) is 11.3. The molecule has 1 atom stereocenters. The van der Waals surface area contributed by atoms with Crippen molar-refractivity contribution in [3.8, 4) is 11.5 Å². The number of halogens is 1. The number of likely N-dealkylation sites (tertiary alicyclic amines) is 1. The normalized spacial score (nSPS) is 19.7. The van der Waals surface area contributed by atoms with Gasteiger partial charge in [0.1, 0.15) is 17.3 Å². The van der Waals surface area contributed by atoms with Gasteiger partial charge in [-0.1, -0.05) is 0 Å². The Bertz CT molecular complexity index is 921. The highest BCUT2D eigenvalue weighted by Gasteiger charge is 2.33. The molecule has 2 fully saturated rings. The fourth-order valence-electron chi connectivity index (χ4n) is 4.81. The van der Waals surface area contributed by atoms with Gasteiger partial charge >= 0.3 is 0 Å². The second-order valence-electron chi connectivity index (χ2n) is 8.45. The molecule has 2 aromatic carbocycles. The Kier molecular flexibility index (Phi) is 7.15. The first-order chi connectivity index (χ1) is 15.6. The molecule has 1 unspecified atom stereocenters. The van der Waals surface area contributed by atoms with Crippen molar-refractivity contribution in [2.45, 2.75) is 25.3 Å². The van der Waals surface area contributed by atoms with E-state index in [9.17, 15) is 9.18 Å². The Morgan fingerprint density at radius 2 is 1.78 bits per heavy atom. The highest BCUT2D eigenvalue weighted by Crippen LogP contribution is 2.39. The maximum atomic E-state index is 13.3. The maximum Gasteiger partial charge on any atom is 0.237 e. The molecule has 0 spiro atoms. The zero-order valence-corrected chi connectivity index (χ0v) is 18.9. The molecule has 0 bridgehead atoms. The zero-order valence-electron chi connectivity index (χ0n) is 18.9. The molecule has 4 rings (SSSR count). The highest BCUT2D eigenvalue weighted by atomic mass is 19.1. The van der Waals surface area contributed by atoms with Gasteiger partial charge in [0.25, 0.3) is 0 Å². The van der Waals surface area contributed by atoms with Crippen molar-refractivity contribution in [1.29, 1.82) is 0 Å². The third kappa shape index (κ3) is 4.99. The van der Waals surface area contributed by atoms with Gasteiger partial charge in [-0.25, -0.2) is 4.39 Å². The molecule has 0 aromatic heterocycles. The second kappa shape index (κ2) is 10.2. The number of anilines is 1. The third-order valence-electron chi connectivity index (χ3n) is 6.51. The van der Waals surface area contributed by atoms with Crippen molar-refractivity contribution in [2.75, 3.05) is 58.4 Å². The number of benzene rings is 2. The minimum Gasteiger partial charge on any atom is -0.497 e. The minimum absolute atomic E-state index is 0.00948. The van der Waals surface area contributed by atoms with Gasteiger partial charge < -0.3 is 19.3 Å². The van der Waals surface area contributed by atoms with Gasteiger partial charge in [0.15, 0.2) is 0 Å². The summed E-state index contributed by atoms with van der Waals surface area (Å²) in [5.74, 6) is 1.50. The maximum absolute atomic E-state index is 13.3. The molecule has 172 valence electrons. The summed E-state index contributed by atoms with van der Waals surface area (Å²) >= 11 is 0. The summed E-state index contributed by atoms with van der Waals surface area (Å²) in [5.41, 5.74) is 2.04. The predicted molar refractivity (Wildman–Crippen MR) is 123 cm³/mol. The standard InChI is InChI=1S/C25H32FN3O3/c1-31-21-10-11-24(32-2)22(17-21)23-5-3-14-29(23)25(30)18-27-12-4-13-28(16-15-27)20-8-6-19(26)7-9-20/h6-11,17,23H,3-5,12-16,18H2,1-2H3. The molecule has 1 amide bonds. The lowest BCUT2D eigenvalue weighted by Gasteiger charge is -2.29. The Labute approximate surface area is 189 Å². The monoisotopic (exact) mass is 441 g/mol. The van der Waals surface area contributed by atoms with Gasteiger partial charge in [-0.2, -0.15) is 0 Å². The van der Waals surface area contributed by atoms with E-state index in [0.717, 1.165) is 74.7 Å². The van der Waals surface area contributed by atoms with Crippen molar-refractivity contribution in [3.63, 3.8) is 0 Å². The Balaban J connectivity index is 1.40. The van der Waals surface area contributed by atoms with Crippen LogP contribution in [0.5, 0.6) is 11.5 Å². The quantitative estimate of drug-likeness (QED) is 0.684. The van der Waals surface area contributed by atoms with Crippen LogP contribution in [0.1, 0.15) is 30.9 Å². The molecule has 0 radical (unpaired) electrons. The van der Waals surface area contributed by atoms with Crippen LogP contribution in [0.15, 0.2) is 42.5 Å². The Hall–Kier alpha value is -2.80. The molecule has 2 aromatic rings. The third-order valence-corrected chi connectivity index (χ3v) is 6.51. The molecule has 32 heavy (non-hydrogen) atoms. The van der Waals surface area contributed by atoms with Crippen molar-refractivity contribution in [2.24, 2.45) is 0 Å². The smallest absolute Gasteiger partial charge is 0.237 e. The van der Waals surface area contributed by atoms with E-state index in [1.54, 1.807) is 14.2 Å². The fourth-order valence-corrected chi connectivity index (χ4v) is 4.81. The number of rotatable bonds is 6. The van der Waals surface area contributed by atoms with Crippen LogP contribution in [0.2, 0.25) is 0 Å². The summed E-state index contributed by atoms with van der Waals surface area (Å²) in [6.07, 6.45) is 2.88. The van der Waals surface area contributed by atoms with Crippen LogP contribution in [-0.4, -0.2) is 69.2 Å². The predicted octanol–water partition coefficient (Wildman–Crippen LogP) is 3.72. The average molecular weight is 442 g/mol. The summed E-state index contributed by atoms with van der Waals surface area (Å²) < 4.78 is 24.2. The van der Waals surface area contributed by atoms with Crippen LogP contribution < -0.4 is 14.4 Å². The zero-order chi connectivity index (χ0) is 22.5. The summed E-state index contributed by atoms with van der Waals surface area (Å²) in [7, 11) is 3.31. The number of hydrogen-bond donors (Lipinski definition) is 0. The lowest BCUT2D eigenvalue weighted by atomic mass is 10.0. The highest BCUT2D eigenvalue weighted by molar-refractivity contribution is 5.79. The number of methoxy groups -OCH3 is 2. The first kappa shape index (κ1) is 22.4. The molecule has 2 aliphatic heterocycles. The second-order valence-corrected chi connectivity index (χ2v) is 8.45. The number of amides is 1. The van der Waals surface area contributed by atoms with Crippen LogP contribution in [0.4, 0.5) is 10.1 Å². The molecule has 2 aliphatic rings. The average Bonchev–Trinajstić information content (AvgIpc) is 3.20. The van der Waals surface area contributed by atoms with Crippen molar-refractivity contribution in [1.82, 2.24) is 9.80 Å². The van der Waals surface area contributed by atoms with E-state index in [1.807, 2.05) is 35.2 Å². The van der Waals surface area contributed by atoms with Crippen LogP contribution in [-0.2, 0) is 4.79 Å². The number of nitrogens with zero attached hydrogens (tertiary/aromatic N) is 3. The lowest BCUT2D eigenvalue weighted by molar-refractivity contribution is -0.133. The Morgan fingerprint density at radius 3 is 2.53 bits per heavy atom. The molecule has 7 heteroatoms. The topological polar surface area (TPSA) is 45.3 Å². The number of hydrogen-bond acceptors (Lipinski definition) is 5. The number of carbonyl (C=O) groups is 1. The van der Waals surface area contributed by atoms with Gasteiger partial charge in [0.05, 0.1) is 26.8 Å². The molecule has 2 saturated heterocycles. The number of carbonyl (C=O) groups excluding carboxylic acids is 1. The molecule has 0 N–H and O–H groups in total. The lowest BCUT2D eigenvalue weighted by Crippen LogP contribution is -2.41. The van der Waals surface area contributed by atoms with E-state index in [-0.39, 0.29) is 17.8 Å². The van der Waals surface area contributed by atoms with E-state index in [0.29, 0.717) is 6.54 Å². The minimum atomic E-state index is -0.219. The van der Waals surface area contributed by atoms with E-state index < -0.39 is 0 Å². The Morgan fingerprint density at radius 1 is 0.969 bits per heavy atom. The van der Waals surface area contributed by atoms with Gasteiger partial charge in [0.2, 0.25) is 5.91 Å². The van der Waals surface area contributed by atoms with Gasteiger partial charge in [-0.3, -0.25) is 9.69 Å². The molecule has 0 saturated carbocycles. The van der Waals surface area contributed by atoms with Crippen molar-refractivity contribution >= 4 is 11.6 Å². The van der Waals surface area contributed by atoms with Crippen LogP contribution in [0.25, 0.3) is 0 Å². The largest absolute Gasteiger partial charge is 0.497 e. The first-order valence-electron chi connectivity index (χ1n) is 11.3. The van der Waals surface area contributed by atoms with Gasteiger partial charge in [0, 0.05) is 44.0 Å². The van der Waals surface area contributed by atoms with Gasteiger partial charge in [-0.05, 0) is 61.7 Å². The van der Waals surface area contributed by atoms with Crippen LogP contribution in [0.3, 0.4) is 0 Å². The fraction of sp³-hybridized carbons (Fsp3) is 0.480. The SMILES string of the molecule is COc1ccc(OC)c(C2CCCN2C(=O)CN2CCCN(c3ccc(F)cc3)CC2)c1. The summed E-state index contributed by atoms with van der Waals surface area (Å²) in [6, 6.07) is 12.4. The molecule has 2 heterocycles. The van der Waals surface area contributed by atoms with Crippen molar-refractivity contribution < 1.29 is 18.7 Å². The van der Waals surface area contributed by atoms with Crippen LogP contribution >= 0.6 is 0 Å². The van der Waals surface area contributed by atoms with Crippen molar-refractivity contribution in [3.05, 3.63) is 53.8 Å². The van der Waals surface area contributed by atoms with E-state index >= 15 is 0 Å². The van der Waals surface area contributed by atoms with Gasteiger partial charge in [-0.15, -0.1) is 0 Å². The summed E-state index contributed by atoms with van der Waals surface area (Å²) in [5, 5.41) is 0. The van der Waals surface area contributed by atoms with Crippen LogP contribution in [0, 0.1) is 5.82 Å². The van der Waals surface area contributed by atoms with E-state index in [1.165, 1.54) is 12.1 Å². The molecular weight excluding hydrogens is 409 g/mol. The summed E-state index contributed by atoms with van der Waals surface area (Å²) in [4.78, 5) is 19.8. The number of ether oxygens (including phenoxy) is 2. The molecule has 0 aliphatic carbocycles. The summed E-state index contributed by atoms with van der Waals surface area (Å²) in [6.45, 7) is 4.60. The molecular formula is C25H32FN3O3.